The minimum atomic E-state index is 0.571. The maximum absolute atomic E-state index is 5.43. The minimum Gasteiger partial charge on any atom is -0.362 e. The molecule has 2 N–H and O–H groups in total. The van der Waals surface area contributed by atoms with E-state index in [9.17, 15) is 0 Å². The first-order valence-corrected chi connectivity index (χ1v) is 10.6. The van der Waals surface area contributed by atoms with Crippen molar-refractivity contribution in [2.45, 2.75) is 40.0 Å². The second kappa shape index (κ2) is 9.82. The van der Waals surface area contributed by atoms with Gasteiger partial charge in [-0.3, -0.25) is 0 Å². The molecule has 1 aliphatic rings. The Morgan fingerprint density at radius 2 is 1.86 bits per heavy atom. The average molecular weight is 398 g/mol. The third-order valence-corrected chi connectivity index (χ3v) is 5.28. The third kappa shape index (κ3) is 6.16. The Morgan fingerprint density at radius 1 is 1.14 bits per heavy atom. The quantitative estimate of drug-likeness (QED) is 0.563. The molecule has 0 amide bonds. The molecule has 2 heterocycles. The fraction of sp³-hybridized carbons (Fsp3) is 0.500. The number of benzene rings is 1. The highest BCUT2D eigenvalue weighted by molar-refractivity contribution is 7.80. The van der Waals surface area contributed by atoms with Crippen molar-refractivity contribution in [3.63, 3.8) is 0 Å². The van der Waals surface area contributed by atoms with E-state index < -0.39 is 0 Å². The maximum Gasteiger partial charge on any atom is 0.231 e. The number of hydrogen-bond donors (Lipinski definition) is 2. The van der Waals surface area contributed by atoms with Crippen LogP contribution in [0.3, 0.4) is 0 Å². The Balaban J connectivity index is 1.52. The fourth-order valence-electron chi connectivity index (χ4n) is 3.90. The number of piperidine rings is 1. The molecule has 2 aromatic rings. The molecule has 6 heteroatoms. The zero-order valence-corrected chi connectivity index (χ0v) is 17.9. The lowest BCUT2D eigenvalue weighted by Gasteiger charge is -2.36. The number of hydrogen-bond acceptors (Lipinski definition) is 4. The van der Waals surface area contributed by atoms with Gasteiger partial charge >= 0.3 is 0 Å². The van der Waals surface area contributed by atoms with Crippen LogP contribution in [0.1, 0.15) is 37.9 Å². The molecule has 0 radical (unpaired) electrons. The molecule has 2 atom stereocenters. The summed E-state index contributed by atoms with van der Waals surface area (Å²) >= 11 is 5.43. The highest BCUT2D eigenvalue weighted by atomic mass is 32.1. The van der Waals surface area contributed by atoms with Gasteiger partial charge in [-0.2, -0.15) is 4.98 Å². The molecule has 1 aliphatic heterocycles. The molecule has 0 aliphatic carbocycles. The van der Waals surface area contributed by atoms with Gasteiger partial charge in [0.15, 0.2) is 5.11 Å². The average Bonchev–Trinajstić information content (AvgIpc) is 2.65. The summed E-state index contributed by atoms with van der Waals surface area (Å²) < 4.78 is 0. The van der Waals surface area contributed by atoms with Crippen molar-refractivity contribution >= 4 is 29.1 Å². The second-order valence-corrected chi connectivity index (χ2v) is 8.42. The smallest absolute Gasteiger partial charge is 0.231 e. The molecule has 0 bridgehead atoms. The van der Waals surface area contributed by atoms with Gasteiger partial charge in [0.1, 0.15) is 5.82 Å². The van der Waals surface area contributed by atoms with E-state index in [1.807, 2.05) is 13.0 Å². The summed E-state index contributed by atoms with van der Waals surface area (Å²) in [6.45, 7) is 9.53. The van der Waals surface area contributed by atoms with E-state index in [0.717, 1.165) is 44.0 Å². The zero-order chi connectivity index (χ0) is 19.9. The van der Waals surface area contributed by atoms with E-state index in [1.165, 1.54) is 12.0 Å². The summed E-state index contributed by atoms with van der Waals surface area (Å²) in [6.07, 6.45) is 3.34. The summed E-state index contributed by atoms with van der Waals surface area (Å²) in [4.78, 5) is 11.6. The first-order valence-electron chi connectivity index (χ1n) is 10.2. The van der Waals surface area contributed by atoms with Crippen LogP contribution in [-0.2, 0) is 6.42 Å². The third-order valence-electron chi connectivity index (χ3n) is 5.03. The SMILES string of the molecule is Cc1cc(N2C[C@H](C)C[C@@H](C)C2)nc(NC(=S)NCCCc2ccccc2)n1. The first kappa shape index (κ1) is 20.5. The number of aromatic nitrogens is 2. The lowest BCUT2D eigenvalue weighted by Crippen LogP contribution is -2.39. The topological polar surface area (TPSA) is 53.1 Å². The summed E-state index contributed by atoms with van der Waals surface area (Å²) in [5, 5.41) is 6.99. The molecule has 0 unspecified atom stereocenters. The highest BCUT2D eigenvalue weighted by Gasteiger charge is 2.23. The molecule has 1 fully saturated rings. The fourth-order valence-corrected chi connectivity index (χ4v) is 4.10. The van der Waals surface area contributed by atoms with Crippen LogP contribution in [0.2, 0.25) is 0 Å². The standard InChI is InChI=1S/C22H31N5S/c1-16-12-17(2)15-27(14-16)20-13-18(3)24-21(25-20)26-22(28)23-11-7-10-19-8-5-4-6-9-19/h4-6,8-9,13,16-17H,7,10-12,14-15H2,1-3H3,(H2,23,24,25,26,28)/t16-,17-/m1/s1. The van der Waals surface area contributed by atoms with Crippen LogP contribution < -0.4 is 15.5 Å². The van der Waals surface area contributed by atoms with Gasteiger partial charge in [0.2, 0.25) is 5.95 Å². The van der Waals surface area contributed by atoms with Gasteiger partial charge in [-0.25, -0.2) is 4.98 Å². The molecule has 150 valence electrons. The van der Waals surface area contributed by atoms with E-state index in [4.69, 9.17) is 17.2 Å². The normalized spacial score (nSPS) is 19.3. The first-order chi connectivity index (χ1) is 13.5. The summed E-state index contributed by atoms with van der Waals surface area (Å²) in [7, 11) is 0. The molecular formula is C22H31N5S. The lowest BCUT2D eigenvalue weighted by molar-refractivity contribution is 0.355. The Morgan fingerprint density at radius 3 is 2.57 bits per heavy atom. The van der Waals surface area contributed by atoms with Gasteiger partial charge in [0, 0.05) is 31.4 Å². The van der Waals surface area contributed by atoms with Crippen LogP contribution in [0.4, 0.5) is 11.8 Å². The van der Waals surface area contributed by atoms with Crippen molar-refractivity contribution in [1.29, 1.82) is 0 Å². The number of aryl methyl sites for hydroxylation is 2. The molecule has 5 nitrogen and oxygen atoms in total. The summed E-state index contributed by atoms with van der Waals surface area (Å²) in [5.41, 5.74) is 2.30. The van der Waals surface area contributed by atoms with Crippen LogP contribution >= 0.6 is 12.2 Å². The molecule has 3 rings (SSSR count). The monoisotopic (exact) mass is 397 g/mol. The Labute approximate surface area is 174 Å². The van der Waals surface area contributed by atoms with E-state index in [0.29, 0.717) is 22.9 Å². The Bertz CT molecular complexity index is 770. The van der Waals surface area contributed by atoms with Crippen LogP contribution in [0.15, 0.2) is 36.4 Å². The van der Waals surface area contributed by atoms with Crippen LogP contribution in [0, 0.1) is 18.8 Å². The van der Waals surface area contributed by atoms with Crippen LogP contribution in [0.25, 0.3) is 0 Å². The molecule has 28 heavy (non-hydrogen) atoms. The number of nitrogens with zero attached hydrogens (tertiary/aromatic N) is 3. The summed E-state index contributed by atoms with van der Waals surface area (Å²) in [5.74, 6) is 2.92. The predicted molar refractivity (Wildman–Crippen MR) is 121 cm³/mol. The van der Waals surface area contributed by atoms with E-state index in [2.05, 4.69) is 64.7 Å². The van der Waals surface area contributed by atoms with Crippen molar-refractivity contribution in [3.05, 3.63) is 47.7 Å². The number of thiocarbonyl (C=S) groups is 1. The van der Waals surface area contributed by atoms with E-state index in [1.54, 1.807) is 0 Å². The summed E-state index contributed by atoms with van der Waals surface area (Å²) in [6, 6.07) is 12.6. The van der Waals surface area contributed by atoms with Crippen molar-refractivity contribution in [2.75, 3.05) is 29.9 Å². The second-order valence-electron chi connectivity index (χ2n) is 8.01. The zero-order valence-electron chi connectivity index (χ0n) is 17.1. The van der Waals surface area contributed by atoms with Gasteiger partial charge in [-0.05, 0) is 55.8 Å². The number of anilines is 2. The molecule has 1 aromatic carbocycles. The Kier molecular flexibility index (Phi) is 7.20. The minimum absolute atomic E-state index is 0.571. The largest absolute Gasteiger partial charge is 0.362 e. The van der Waals surface area contributed by atoms with Gasteiger partial charge in [-0.15, -0.1) is 0 Å². The Hall–Kier alpha value is -2.21. The highest BCUT2D eigenvalue weighted by Crippen LogP contribution is 2.25. The predicted octanol–water partition coefficient (Wildman–Crippen LogP) is 4.19. The van der Waals surface area contributed by atoms with Gasteiger partial charge in [-0.1, -0.05) is 44.2 Å². The maximum atomic E-state index is 5.43. The van der Waals surface area contributed by atoms with Gasteiger partial charge in [0.05, 0.1) is 0 Å². The van der Waals surface area contributed by atoms with Crippen molar-refractivity contribution < 1.29 is 0 Å². The molecule has 0 saturated carbocycles. The number of nitrogens with one attached hydrogen (secondary N) is 2. The molecule has 1 aromatic heterocycles. The van der Waals surface area contributed by atoms with Crippen molar-refractivity contribution in [1.82, 2.24) is 15.3 Å². The van der Waals surface area contributed by atoms with Crippen LogP contribution in [-0.4, -0.2) is 34.7 Å². The molecular weight excluding hydrogens is 366 g/mol. The lowest BCUT2D eigenvalue weighted by atomic mass is 9.92. The van der Waals surface area contributed by atoms with E-state index >= 15 is 0 Å². The van der Waals surface area contributed by atoms with Crippen LogP contribution in [0.5, 0.6) is 0 Å². The molecule has 1 saturated heterocycles. The number of rotatable bonds is 6. The van der Waals surface area contributed by atoms with Gasteiger partial charge < -0.3 is 15.5 Å². The molecule has 0 spiro atoms. The van der Waals surface area contributed by atoms with Crippen molar-refractivity contribution in [3.8, 4) is 0 Å². The van der Waals surface area contributed by atoms with E-state index in [-0.39, 0.29) is 0 Å². The van der Waals surface area contributed by atoms with Gasteiger partial charge in [0.25, 0.3) is 0 Å². The van der Waals surface area contributed by atoms with Crippen molar-refractivity contribution in [2.24, 2.45) is 11.8 Å².